The Hall–Kier alpha value is -3.65. The van der Waals surface area contributed by atoms with E-state index in [1.54, 1.807) is 36.4 Å². The zero-order valence-corrected chi connectivity index (χ0v) is 17.4. The third-order valence-corrected chi connectivity index (χ3v) is 4.45. The van der Waals surface area contributed by atoms with Crippen LogP contribution in [0, 0.1) is 0 Å². The van der Waals surface area contributed by atoms with E-state index in [0.717, 1.165) is 4.47 Å². The first-order valence-electron chi connectivity index (χ1n) is 8.74. The summed E-state index contributed by atoms with van der Waals surface area (Å²) in [6, 6.07) is 17.5. The molecule has 0 aliphatic rings. The molecule has 0 aliphatic heterocycles. The number of nitrogens with one attached hydrogen (secondary N) is 1. The number of esters is 1. The van der Waals surface area contributed by atoms with E-state index in [0.29, 0.717) is 22.4 Å². The molecule has 2 N–H and O–H groups in total. The van der Waals surface area contributed by atoms with Gasteiger partial charge in [-0.2, -0.15) is 5.10 Å². The highest BCUT2D eigenvalue weighted by Crippen LogP contribution is 2.28. The number of halogens is 1. The Morgan fingerprint density at radius 2 is 1.77 bits per heavy atom. The van der Waals surface area contributed by atoms with Crippen LogP contribution in [-0.2, 0) is 0 Å². The van der Waals surface area contributed by atoms with Crippen molar-refractivity contribution in [3.05, 3.63) is 87.9 Å². The van der Waals surface area contributed by atoms with Crippen LogP contribution in [0.15, 0.2) is 76.3 Å². The second kappa shape index (κ2) is 9.71. The molecule has 0 atom stereocenters. The maximum Gasteiger partial charge on any atom is 0.343 e. The highest BCUT2D eigenvalue weighted by molar-refractivity contribution is 9.10. The van der Waals surface area contributed by atoms with Crippen molar-refractivity contribution in [1.29, 1.82) is 0 Å². The summed E-state index contributed by atoms with van der Waals surface area (Å²) < 4.78 is 11.5. The molecule has 1 amide bonds. The van der Waals surface area contributed by atoms with E-state index in [9.17, 15) is 14.7 Å². The zero-order valence-electron chi connectivity index (χ0n) is 15.8. The second-order valence-electron chi connectivity index (χ2n) is 6.06. The molecule has 0 spiro atoms. The van der Waals surface area contributed by atoms with Gasteiger partial charge in [-0.25, -0.2) is 10.2 Å². The highest BCUT2D eigenvalue weighted by atomic mass is 79.9. The standard InChI is InChI=1S/C22H17BrN2O5/c1-29-20-11-14(13-24-25-21(27)15-6-8-18(26)9-7-15)5-10-19(20)30-22(28)16-3-2-4-17(23)12-16/h2-13,26H,1H3,(H,25,27). The van der Waals surface area contributed by atoms with Crippen LogP contribution in [0.5, 0.6) is 17.2 Å². The van der Waals surface area contributed by atoms with Crippen molar-refractivity contribution in [2.75, 3.05) is 7.11 Å². The molecule has 152 valence electrons. The van der Waals surface area contributed by atoms with Gasteiger partial charge in [0, 0.05) is 10.0 Å². The van der Waals surface area contributed by atoms with E-state index in [-0.39, 0.29) is 11.5 Å². The Morgan fingerprint density at radius 1 is 1.00 bits per heavy atom. The number of ether oxygens (including phenoxy) is 2. The molecule has 0 saturated carbocycles. The molecule has 0 heterocycles. The Bertz CT molecular complexity index is 1100. The number of amides is 1. The molecule has 0 radical (unpaired) electrons. The normalized spacial score (nSPS) is 10.6. The number of aromatic hydroxyl groups is 1. The average molecular weight is 469 g/mol. The van der Waals surface area contributed by atoms with Crippen molar-refractivity contribution in [1.82, 2.24) is 5.43 Å². The number of hydrazone groups is 1. The lowest BCUT2D eigenvalue weighted by Crippen LogP contribution is -2.17. The van der Waals surface area contributed by atoms with Crippen LogP contribution >= 0.6 is 15.9 Å². The SMILES string of the molecule is COc1cc(C=NNC(=O)c2ccc(O)cc2)ccc1OC(=O)c1cccc(Br)c1. The Kier molecular flexibility index (Phi) is 6.82. The molecule has 8 heteroatoms. The van der Waals surface area contributed by atoms with Crippen LogP contribution < -0.4 is 14.9 Å². The van der Waals surface area contributed by atoms with Gasteiger partial charge in [-0.3, -0.25) is 4.79 Å². The van der Waals surface area contributed by atoms with Crippen molar-refractivity contribution in [2.45, 2.75) is 0 Å². The summed E-state index contributed by atoms with van der Waals surface area (Å²) in [6.45, 7) is 0. The lowest BCUT2D eigenvalue weighted by molar-refractivity contribution is 0.0729. The third-order valence-electron chi connectivity index (χ3n) is 3.96. The van der Waals surface area contributed by atoms with Crippen LogP contribution in [0.4, 0.5) is 0 Å². The summed E-state index contributed by atoms with van der Waals surface area (Å²) in [7, 11) is 1.46. The van der Waals surface area contributed by atoms with Crippen molar-refractivity contribution in [2.24, 2.45) is 5.10 Å². The van der Waals surface area contributed by atoms with E-state index in [1.165, 1.54) is 37.6 Å². The van der Waals surface area contributed by atoms with Gasteiger partial charge in [0.25, 0.3) is 5.91 Å². The molecule has 3 aromatic carbocycles. The molecule has 0 bridgehead atoms. The number of phenols is 1. The number of methoxy groups -OCH3 is 1. The van der Waals surface area contributed by atoms with E-state index < -0.39 is 11.9 Å². The van der Waals surface area contributed by atoms with E-state index in [1.807, 2.05) is 6.07 Å². The maximum atomic E-state index is 12.3. The van der Waals surface area contributed by atoms with Gasteiger partial charge in [0.15, 0.2) is 11.5 Å². The highest BCUT2D eigenvalue weighted by Gasteiger charge is 2.13. The van der Waals surface area contributed by atoms with Crippen molar-refractivity contribution < 1.29 is 24.2 Å². The first-order chi connectivity index (χ1) is 14.5. The largest absolute Gasteiger partial charge is 0.508 e. The number of carbonyl (C=O) groups is 2. The number of hydrogen-bond acceptors (Lipinski definition) is 6. The van der Waals surface area contributed by atoms with E-state index in [4.69, 9.17) is 9.47 Å². The van der Waals surface area contributed by atoms with Crippen molar-refractivity contribution >= 4 is 34.0 Å². The van der Waals surface area contributed by atoms with E-state index >= 15 is 0 Å². The van der Waals surface area contributed by atoms with Gasteiger partial charge in [-0.05, 0) is 66.2 Å². The molecule has 0 aromatic heterocycles. The lowest BCUT2D eigenvalue weighted by atomic mass is 10.2. The van der Waals surface area contributed by atoms with Gasteiger partial charge in [0.05, 0.1) is 18.9 Å². The minimum absolute atomic E-state index is 0.0721. The minimum atomic E-state index is -0.517. The third kappa shape index (κ3) is 5.45. The van der Waals surface area contributed by atoms with Crippen LogP contribution in [0.1, 0.15) is 26.3 Å². The molecule has 3 rings (SSSR count). The van der Waals surface area contributed by atoms with Gasteiger partial charge in [-0.15, -0.1) is 0 Å². The quantitative estimate of drug-likeness (QED) is 0.245. The molecular weight excluding hydrogens is 452 g/mol. The van der Waals surface area contributed by atoms with Crippen LogP contribution in [0.25, 0.3) is 0 Å². The summed E-state index contributed by atoms with van der Waals surface area (Å²) in [5.41, 5.74) is 3.78. The summed E-state index contributed by atoms with van der Waals surface area (Å²) >= 11 is 3.32. The minimum Gasteiger partial charge on any atom is -0.508 e. The fourth-order valence-corrected chi connectivity index (χ4v) is 2.87. The van der Waals surface area contributed by atoms with Crippen molar-refractivity contribution in [3.63, 3.8) is 0 Å². The maximum absolute atomic E-state index is 12.3. The monoisotopic (exact) mass is 468 g/mol. The van der Waals surface area contributed by atoms with Gasteiger partial charge in [0.1, 0.15) is 5.75 Å². The zero-order chi connectivity index (χ0) is 21.5. The molecule has 30 heavy (non-hydrogen) atoms. The Morgan fingerprint density at radius 3 is 2.47 bits per heavy atom. The van der Waals surface area contributed by atoms with Gasteiger partial charge >= 0.3 is 5.97 Å². The molecule has 7 nitrogen and oxygen atoms in total. The number of rotatable bonds is 6. The smallest absolute Gasteiger partial charge is 0.343 e. The van der Waals surface area contributed by atoms with Crippen LogP contribution in [0.3, 0.4) is 0 Å². The van der Waals surface area contributed by atoms with Crippen LogP contribution in [-0.4, -0.2) is 30.3 Å². The van der Waals surface area contributed by atoms with Gasteiger partial charge in [0.2, 0.25) is 0 Å². The lowest BCUT2D eigenvalue weighted by Gasteiger charge is -2.10. The average Bonchev–Trinajstić information content (AvgIpc) is 2.75. The summed E-state index contributed by atoms with van der Waals surface area (Å²) in [6.07, 6.45) is 1.43. The number of carbonyl (C=O) groups excluding carboxylic acids is 2. The first kappa shape index (κ1) is 21.1. The topological polar surface area (TPSA) is 97.2 Å². The number of hydrogen-bond donors (Lipinski definition) is 2. The fraction of sp³-hybridized carbons (Fsp3) is 0.0455. The predicted molar refractivity (Wildman–Crippen MR) is 115 cm³/mol. The molecule has 0 aliphatic carbocycles. The number of phenolic OH excluding ortho intramolecular Hbond substituents is 1. The Labute approximate surface area is 181 Å². The number of benzene rings is 3. The fourth-order valence-electron chi connectivity index (χ4n) is 2.47. The molecule has 0 saturated heterocycles. The Balaban J connectivity index is 1.67. The van der Waals surface area contributed by atoms with Gasteiger partial charge in [-0.1, -0.05) is 22.0 Å². The second-order valence-corrected chi connectivity index (χ2v) is 6.97. The van der Waals surface area contributed by atoms with Crippen molar-refractivity contribution in [3.8, 4) is 17.2 Å². The molecular formula is C22H17BrN2O5. The van der Waals surface area contributed by atoms with Crippen LogP contribution in [0.2, 0.25) is 0 Å². The van der Waals surface area contributed by atoms with Gasteiger partial charge < -0.3 is 14.6 Å². The number of nitrogens with zero attached hydrogens (tertiary/aromatic N) is 1. The summed E-state index contributed by atoms with van der Waals surface area (Å²) in [5.74, 6) is -0.266. The predicted octanol–water partition coefficient (Wildman–Crippen LogP) is 4.15. The first-order valence-corrected chi connectivity index (χ1v) is 9.54. The molecule has 3 aromatic rings. The molecule has 0 unspecified atom stereocenters. The van der Waals surface area contributed by atoms with E-state index in [2.05, 4.69) is 26.5 Å². The molecule has 0 fully saturated rings. The summed E-state index contributed by atoms with van der Waals surface area (Å²) in [4.78, 5) is 24.3. The summed E-state index contributed by atoms with van der Waals surface area (Å²) in [5, 5.41) is 13.2.